The molecule has 1 amide bonds. The maximum Gasteiger partial charge on any atom is 0.335 e. The lowest BCUT2D eigenvalue weighted by molar-refractivity contribution is -0.115. The number of hydrogen-bond donors (Lipinski definition) is 2. The van der Waals surface area contributed by atoms with Gasteiger partial charge in [0, 0.05) is 5.56 Å². The maximum atomic E-state index is 12.8. The van der Waals surface area contributed by atoms with Crippen molar-refractivity contribution in [1.82, 2.24) is 5.32 Å². The van der Waals surface area contributed by atoms with E-state index in [-0.39, 0.29) is 18.1 Å². The van der Waals surface area contributed by atoms with E-state index in [9.17, 15) is 9.59 Å². The number of nitrogens with zero attached hydrogens (tertiary/aromatic N) is 1. The molecule has 1 aliphatic rings. The molecule has 0 unspecified atom stereocenters. The van der Waals surface area contributed by atoms with Crippen LogP contribution in [0.3, 0.4) is 0 Å². The van der Waals surface area contributed by atoms with Crippen LogP contribution in [0.25, 0.3) is 16.8 Å². The molecule has 0 aliphatic carbocycles. The zero-order chi connectivity index (χ0) is 25.8. The van der Waals surface area contributed by atoms with E-state index in [1.165, 1.54) is 11.8 Å². The molecule has 0 atom stereocenters. The van der Waals surface area contributed by atoms with Crippen molar-refractivity contribution in [1.29, 1.82) is 0 Å². The highest BCUT2D eigenvalue weighted by atomic mass is 32.2. The van der Waals surface area contributed by atoms with Gasteiger partial charge in [-0.3, -0.25) is 4.79 Å². The summed E-state index contributed by atoms with van der Waals surface area (Å²) in [6, 6.07) is 25.6. The molecule has 0 bridgehead atoms. The lowest BCUT2D eigenvalue weighted by Gasteiger charge is -2.13. The summed E-state index contributed by atoms with van der Waals surface area (Å²) in [7, 11) is 1.60. The van der Waals surface area contributed by atoms with Gasteiger partial charge in [-0.1, -0.05) is 42.5 Å². The van der Waals surface area contributed by atoms with Crippen LogP contribution in [0.15, 0.2) is 94.8 Å². The molecule has 8 heteroatoms. The van der Waals surface area contributed by atoms with Crippen LogP contribution in [-0.2, 0) is 11.4 Å². The van der Waals surface area contributed by atoms with E-state index in [0.717, 1.165) is 27.6 Å². The number of carbonyl (C=O) groups is 2. The Morgan fingerprint density at radius 1 is 1.00 bits per heavy atom. The number of thioether (sulfide) groups is 1. The van der Waals surface area contributed by atoms with Gasteiger partial charge in [0.25, 0.3) is 5.91 Å². The summed E-state index contributed by atoms with van der Waals surface area (Å²) in [4.78, 5) is 29.0. The fraction of sp³-hybridized carbons (Fsp3) is 0.0690. The molecule has 1 heterocycles. The van der Waals surface area contributed by atoms with E-state index in [1.807, 2.05) is 66.7 Å². The highest BCUT2D eigenvalue weighted by Gasteiger charge is 2.25. The summed E-state index contributed by atoms with van der Waals surface area (Å²) in [5.74, 6) is 0.134. The Labute approximate surface area is 217 Å². The van der Waals surface area contributed by atoms with Gasteiger partial charge in [-0.15, -0.1) is 0 Å². The van der Waals surface area contributed by atoms with Crippen LogP contribution in [0.5, 0.6) is 11.5 Å². The molecule has 0 saturated carbocycles. The highest BCUT2D eigenvalue weighted by Crippen LogP contribution is 2.35. The summed E-state index contributed by atoms with van der Waals surface area (Å²) in [6.45, 7) is 0.248. The monoisotopic (exact) mass is 510 g/mol. The molecule has 0 radical (unpaired) electrons. The fourth-order valence-electron chi connectivity index (χ4n) is 3.84. The smallest absolute Gasteiger partial charge is 0.335 e. The van der Waals surface area contributed by atoms with E-state index in [1.54, 1.807) is 31.4 Å². The molecule has 1 saturated heterocycles. The molecule has 7 nitrogen and oxygen atoms in total. The molecule has 2 N–H and O–H groups in total. The summed E-state index contributed by atoms with van der Waals surface area (Å²) in [5.41, 5.74) is 2.53. The van der Waals surface area contributed by atoms with Crippen molar-refractivity contribution in [2.75, 3.05) is 7.11 Å². The number of carboxylic acids is 1. The molecule has 0 aromatic heterocycles. The number of benzene rings is 4. The third kappa shape index (κ3) is 5.49. The number of hydrogen-bond acceptors (Lipinski definition) is 6. The van der Waals surface area contributed by atoms with Crippen molar-refractivity contribution in [3.8, 4) is 11.5 Å². The van der Waals surface area contributed by atoms with Crippen molar-refractivity contribution in [3.05, 3.63) is 107 Å². The molecular weight excluding hydrogens is 488 g/mol. The minimum Gasteiger partial charge on any atom is -0.497 e. The number of aliphatic imine (C=N–C) groups is 1. The second kappa shape index (κ2) is 10.6. The van der Waals surface area contributed by atoms with Gasteiger partial charge in [-0.05, 0) is 76.6 Å². The van der Waals surface area contributed by atoms with Crippen LogP contribution in [0.1, 0.15) is 21.5 Å². The zero-order valence-electron chi connectivity index (χ0n) is 19.8. The number of amides is 1. The first-order valence-electron chi connectivity index (χ1n) is 11.4. The van der Waals surface area contributed by atoms with Crippen molar-refractivity contribution in [2.45, 2.75) is 6.61 Å². The number of rotatable bonds is 7. The van der Waals surface area contributed by atoms with Gasteiger partial charge in [0.2, 0.25) is 0 Å². The number of aromatic carboxylic acids is 1. The number of carbonyl (C=O) groups excluding carboxylic acids is 1. The van der Waals surface area contributed by atoms with Gasteiger partial charge in [0.15, 0.2) is 5.17 Å². The number of methoxy groups -OCH3 is 1. The topological polar surface area (TPSA) is 97.2 Å². The second-order valence-electron chi connectivity index (χ2n) is 8.17. The van der Waals surface area contributed by atoms with Crippen molar-refractivity contribution in [2.24, 2.45) is 4.99 Å². The standard InChI is InChI=1S/C29H22N2O5S/c1-35-22-13-11-21(12-14-22)30-29-31-27(32)26(37-29)16-24-23-5-3-2-4-19(23)10-15-25(24)36-17-18-6-8-20(9-7-18)28(33)34/h2-16H,17H2,1H3,(H,33,34)(H,30,31,32)/b26-16+. The Hall–Kier alpha value is -4.56. The number of nitrogens with one attached hydrogen (secondary N) is 1. The Bertz CT molecular complexity index is 1540. The van der Waals surface area contributed by atoms with E-state index in [4.69, 9.17) is 14.6 Å². The SMILES string of the molecule is COc1ccc(N=C2NC(=O)/C(=C\c3c(OCc4ccc(C(=O)O)cc4)ccc4ccccc34)S2)cc1. The molecule has 37 heavy (non-hydrogen) atoms. The van der Waals surface area contributed by atoms with Crippen LogP contribution in [0, 0.1) is 0 Å². The Balaban J connectivity index is 1.44. The van der Waals surface area contributed by atoms with Gasteiger partial charge < -0.3 is 19.9 Å². The lowest BCUT2D eigenvalue weighted by atomic mass is 10.0. The fourth-order valence-corrected chi connectivity index (χ4v) is 4.66. The van der Waals surface area contributed by atoms with Crippen LogP contribution < -0.4 is 14.8 Å². The van der Waals surface area contributed by atoms with Crippen molar-refractivity contribution < 1.29 is 24.2 Å². The molecular formula is C29H22N2O5S. The van der Waals surface area contributed by atoms with Crippen LogP contribution >= 0.6 is 11.8 Å². The third-order valence-electron chi connectivity index (χ3n) is 5.76. The lowest BCUT2D eigenvalue weighted by Crippen LogP contribution is -2.19. The maximum absolute atomic E-state index is 12.8. The molecule has 1 aliphatic heterocycles. The normalized spacial score (nSPS) is 15.2. The van der Waals surface area contributed by atoms with Crippen molar-refractivity contribution >= 4 is 51.3 Å². The number of fused-ring (bicyclic) bond motifs is 1. The average Bonchev–Trinajstić information content (AvgIpc) is 3.27. The number of ether oxygens (including phenoxy) is 2. The first kappa shape index (κ1) is 24.1. The summed E-state index contributed by atoms with van der Waals surface area (Å²) >= 11 is 1.26. The molecule has 0 spiro atoms. The van der Waals surface area contributed by atoms with Crippen LogP contribution in [0.2, 0.25) is 0 Å². The molecule has 184 valence electrons. The van der Waals surface area contributed by atoms with Gasteiger partial charge >= 0.3 is 5.97 Å². The molecule has 4 aromatic rings. The van der Waals surface area contributed by atoms with E-state index >= 15 is 0 Å². The number of amidine groups is 1. The van der Waals surface area contributed by atoms with Crippen LogP contribution in [0.4, 0.5) is 5.69 Å². The van der Waals surface area contributed by atoms with Gasteiger partial charge in [0.1, 0.15) is 18.1 Å². The first-order chi connectivity index (χ1) is 18.0. The van der Waals surface area contributed by atoms with Gasteiger partial charge in [-0.2, -0.15) is 0 Å². The summed E-state index contributed by atoms with van der Waals surface area (Å²) in [5, 5.41) is 14.4. The Kier molecular flexibility index (Phi) is 6.91. The minimum absolute atomic E-state index is 0.219. The average molecular weight is 511 g/mol. The Morgan fingerprint density at radius 2 is 1.76 bits per heavy atom. The predicted molar refractivity (Wildman–Crippen MR) is 145 cm³/mol. The summed E-state index contributed by atoms with van der Waals surface area (Å²) < 4.78 is 11.3. The van der Waals surface area contributed by atoms with E-state index in [2.05, 4.69) is 10.3 Å². The molecule has 4 aromatic carbocycles. The van der Waals surface area contributed by atoms with E-state index in [0.29, 0.717) is 21.5 Å². The van der Waals surface area contributed by atoms with E-state index < -0.39 is 5.97 Å². The zero-order valence-corrected chi connectivity index (χ0v) is 20.6. The Morgan fingerprint density at radius 3 is 2.49 bits per heavy atom. The molecule has 1 fully saturated rings. The predicted octanol–water partition coefficient (Wildman–Crippen LogP) is 6.02. The van der Waals surface area contributed by atoms with Crippen molar-refractivity contribution in [3.63, 3.8) is 0 Å². The van der Waals surface area contributed by atoms with Gasteiger partial charge in [0.05, 0.1) is 23.3 Å². The first-order valence-corrected chi connectivity index (χ1v) is 12.2. The second-order valence-corrected chi connectivity index (χ2v) is 9.20. The highest BCUT2D eigenvalue weighted by molar-refractivity contribution is 8.18. The number of carboxylic acid groups (broad SMARTS) is 1. The van der Waals surface area contributed by atoms with Gasteiger partial charge in [-0.25, -0.2) is 9.79 Å². The quantitative estimate of drug-likeness (QED) is 0.295. The molecule has 5 rings (SSSR count). The largest absolute Gasteiger partial charge is 0.497 e. The van der Waals surface area contributed by atoms with Crippen LogP contribution in [-0.4, -0.2) is 29.3 Å². The third-order valence-corrected chi connectivity index (χ3v) is 6.67. The minimum atomic E-state index is -0.974. The summed E-state index contributed by atoms with van der Waals surface area (Å²) in [6.07, 6.45) is 1.82.